The molecule has 3 rings (SSSR count). The minimum absolute atomic E-state index is 0.261. The molecule has 0 N–H and O–H groups in total. The molecular formula is C16H16Cl2N2. The van der Waals surface area contributed by atoms with Crippen LogP contribution in [0.5, 0.6) is 0 Å². The summed E-state index contributed by atoms with van der Waals surface area (Å²) in [5, 5.41) is 0.883. The summed E-state index contributed by atoms with van der Waals surface area (Å²) in [6.45, 7) is 6.44. The van der Waals surface area contributed by atoms with Crippen molar-refractivity contribution in [2.75, 3.05) is 0 Å². The second kappa shape index (κ2) is 4.71. The molecule has 1 fully saturated rings. The number of benzene rings is 1. The number of aromatic nitrogens is 2. The average Bonchev–Trinajstić information content (AvgIpc) is 3.00. The first-order chi connectivity index (χ1) is 9.40. The van der Waals surface area contributed by atoms with Gasteiger partial charge < -0.3 is 0 Å². The van der Waals surface area contributed by atoms with E-state index < -0.39 is 0 Å². The van der Waals surface area contributed by atoms with E-state index in [9.17, 15) is 0 Å². The van der Waals surface area contributed by atoms with Gasteiger partial charge >= 0.3 is 0 Å². The summed E-state index contributed by atoms with van der Waals surface area (Å²) in [6.07, 6.45) is 1.09. The third kappa shape index (κ3) is 2.32. The lowest BCUT2D eigenvalue weighted by atomic mass is 10.0. The van der Waals surface area contributed by atoms with Crippen molar-refractivity contribution in [1.29, 1.82) is 0 Å². The molecule has 0 radical (unpaired) electrons. The van der Waals surface area contributed by atoms with Crippen molar-refractivity contribution in [3.05, 3.63) is 46.0 Å². The quantitative estimate of drug-likeness (QED) is 0.706. The summed E-state index contributed by atoms with van der Waals surface area (Å²) >= 11 is 12.7. The van der Waals surface area contributed by atoms with Crippen molar-refractivity contribution in [2.24, 2.45) is 5.41 Å². The lowest BCUT2D eigenvalue weighted by molar-refractivity contribution is 0.608. The fraction of sp³-hybridized carbons (Fsp3) is 0.375. The van der Waals surface area contributed by atoms with Crippen LogP contribution >= 0.6 is 23.2 Å². The zero-order valence-electron chi connectivity index (χ0n) is 11.7. The minimum Gasteiger partial charge on any atom is -0.220 e. The molecule has 0 amide bonds. The van der Waals surface area contributed by atoms with E-state index in [1.807, 2.05) is 31.2 Å². The molecule has 2 aromatic rings. The van der Waals surface area contributed by atoms with Gasteiger partial charge in [-0.15, -0.1) is 0 Å². The maximum absolute atomic E-state index is 6.37. The highest BCUT2D eigenvalue weighted by molar-refractivity contribution is 6.37. The van der Waals surface area contributed by atoms with Crippen LogP contribution in [0.15, 0.2) is 24.3 Å². The second-order valence-corrected chi connectivity index (χ2v) is 6.81. The predicted molar refractivity (Wildman–Crippen MR) is 83.4 cm³/mol. The van der Waals surface area contributed by atoms with Crippen LogP contribution in [0.2, 0.25) is 10.3 Å². The van der Waals surface area contributed by atoms with Crippen LogP contribution in [0.3, 0.4) is 0 Å². The van der Waals surface area contributed by atoms with Gasteiger partial charge in [0, 0.05) is 5.92 Å². The average molecular weight is 307 g/mol. The van der Waals surface area contributed by atoms with Crippen LogP contribution in [0, 0.1) is 12.3 Å². The monoisotopic (exact) mass is 306 g/mol. The fourth-order valence-electron chi connectivity index (χ4n) is 2.56. The number of rotatable bonds is 2. The Morgan fingerprint density at radius 1 is 1.10 bits per heavy atom. The van der Waals surface area contributed by atoms with Crippen LogP contribution in [-0.4, -0.2) is 9.97 Å². The number of halogens is 2. The molecule has 2 nitrogen and oxygen atoms in total. The highest BCUT2D eigenvalue weighted by Gasteiger charge is 2.48. The first kappa shape index (κ1) is 13.8. The minimum atomic E-state index is 0.261. The van der Waals surface area contributed by atoms with Gasteiger partial charge in [0.05, 0.1) is 5.56 Å². The molecule has 1 aromatic carbocycles. The number of nitrogens with zero attached hydrogens (tertiary/aromatic N) is 2. The van der Waals surface area contributed by atoms with Crippen LogP contribution in [0.25, 0.3) is 11.1 Å². The van der Waals surface area contributed by atoms with E-state index in [-0.39, 0.29) is 5.41 Å². The first-order valence-electron chi connectivity index (χ1n) is 6.69. The molecule has 1 unspecified atom stereocenters. The number of hydrogen-bond acceptors (Lipinski definition) is 2. The van der Waals surface area contributed by atoms with Gasteiger partial charge in [0.2, 0.25) is 0 Å². The molecular weight excluding hydrogens is 291 g/mol. The van der Waals surface area contributed by atoms with Crippen molar-refractivity contribution in [3.8, 4) is 11.1 Å². The Hall–Kier alpha value is -1.12. The van der Waals surface area contributed by atoms with Crippen molar-refractivity contribution < 1.29 is 0 Å². The summed E-state index contributed by atoms with van der Waals surface area (Å²) in [5.41, 5.74) is 3.09. The SMILES string of the molecule is Cc1ccccc1-c1c(Cl)nc(C2CC2(C)C)nc1Cl. The van der Waals surface area contributed by atoms with Gasteiger partial charge in [-0.05, 0) is 29.9 Å². The lowest BCUT2D eigenvalue weighted by Gasteiger charge is -2.11. The summed E-state index contributed by atoms with van der Waals surface area (Å²) in [7, 11) is 0. The lowest BCUT2D eigenvalue weighted by Crippen LogP contribution is -2.00. The highest BCUT2D eigenvalue weighted by Crippen LogP contribution is 2.58. The van der Waals surface area contributed by atoms with Crippen molar-refractivity contribution >= 4 is 23.2 Å². The molecule has 0 aliphatic heterocycles. The number of aryl methyl sites for hydroxylation is 1. The van der Waals surface area contributed by atoms with Crippen LogP contribution in [0.1, 0.15) is 37.6 Å². The molecule has 1 heterocycles. The maximum Gasteiger partial charge on any atom is 0.142 e. The van der Waals surface area contributed by atoms with Crippen molar-refractivity contribution in [2.45, 2.75) is 33.1 Å². The molecule has 20 heavy (non-hydrogen) atoms. The van der Waals surface area contributed by atoms with Gasteiger partial charge in [0.15, 0.2) is 0 Å². The molecule has 0 bridgehead atoms. The Morgan fingerprint density at radius 2 is 1.65 bits per heavy atom. The van der Waals surface area contributed by atoms with Crippen LogP contribution < -0.4 is 0 Å². The zero-order valence-corrected chi connectivity index (χ0v) is 13.3. The predicted octanol–water partition coefficient (Wildman–Crippen LogP) is 5.27. The largest absolute Gasteiger partial charge is 0.220 e. The van der Waals surface area contributed by atoms with E-state index in [1.54, 1.807) is 0 Å². The van der Waals surface area contributed by atoms with E-state index in [2.05, 4.69) is 23.8 Å². The molecule has 104 valence electrons. The van der Waals surface area contributed by atoms with Crippen LogP contribution in [-0.2, 0) is 0 Å². The highest BCUT2D eigenvalue weighted by atomic mass is 35.5. The molecule has 4 heteroatoms. The fourth-order valence-corrected chi connectivity index (χ4v) is 3.17. The molecule has 0 saturated heterocycles. The molecule has 1 aliphatic carbocycles. The van der Waals surface area contributed by atoms with E-state index in [0.29, 0.717) is 16.2 Å². The normalized spacial score (nSPS) is 19.9. The Labute approximate surface area is 129 Å². The Bertz CT molecular complexity index is 657. The Kier molecular flexibility index (Phi) is 3.26. The maximum atomic E-state index is 6.37. The van der Waals surface area contributed by atoms with E-state index in [1.165, 1.54) is 0 Å². The molecule has 1 aromatic heterocycles. The summed E-state index contributed by atoms with van der Waals surface area (Å²) in [6, 6.07) is 7.97. The van der Waals surface area contributed by atoms with E-state index >= 15 is 0 Å². The third-order valence-corrected chi connectivity index (χ3v) is 4.62. The second-order valence-electron chi connectivity index (χ2n) is 6.10. The van der Waals surface area contributed by atoms with Gasteiger partial charge in [-0.2, -0.15) is 0 Å². The molecule has 1 atom stereocenters. The van der Waals surface area contributed by atoms with E-state index in [0.717, 1.165) is 28.9 Å². The van der Waals surface area contributed by atoms with Gasteiger partial charge in [0.25, 0.3) is 0 Å². The summed E-state index contributed by atoms with van der Waals surface area (Å²) in [4.78, 5) is 8.96. The molecule has 0 spiro atoms. The smallest absolute Gasteiger partial charge is 0.142 e. The van der Waals surface area contributed by atoms with E-state index in [4.69, 9.17) is 23.2 Å². The molecule has 1 saturated carbocycles. The zero-order chi connectivity index (χ0) is 14.5. The van der Waals surface area contributed by atoms with Gasteiger partial charge in [-0.25, -0.2) is 9.97 Å². The summed E-state index contributed by atoms with van der Waals surface area (Å²) < 4.78 is 0. The number of hydrogen-bond donors (Lipinski definition) is 0. The van der Waals surface area contributed by atoms with Crippen LogP contribution in [0.4, 0.5) is 0 Å². The third-order valence-electron chi connectivity index (χ3n) is 4.08. The first-order valence-corrected chi connectivity index (χ1v) is 7.44. The van der Waals surface area contributed by atoms with Gasteiger partial charge in [-0.3, -0.25) is 0 Å². The topological polar surface area (TPSA) is 25.8 Å². The Balaban J connectivity index is 2.08. The van der Waals surface area contributed by atoms with Gasteiger partial charge in [0.1, 0.15) is 16.1 Å². The standard InChI is InChI=1S/C16H16Cl2N2/c1-9-6-4-5-7-10(9)12-13(17)19-15(20-14(12)18)11-8-16(11,2)3/h4-7,11H,8H2,1-3H3. The van der Waals surface area contributed by atoms with Gasteiger partial charge in [-0.1, -0.05) is 61.3 Å². The van der Waals surface area contributed by atoms with Crippen molar-refractivity contribution in [3.63, 3.8) is 0 Å². The Morgan fingerprint density at radius 3 is 2.15 bits per heavy atom. The molecule has 1 aliphatic rings. The van der Waals surface area contributed by atoms with Crippen molar-refractivity contribution in [1.82, 2.24) is 9.97 Å². The summed E-state index contributed by atoms with van der Waals surface area (Å²) in [5.74, 6) is 1.13.